The molecule has 2 amide bonds. The SMILES string of the molecule is Cc1cccc(CNC(=O)C2CC(=O)N(c3ccc(C(F)(F)F)cc3)C2)c1. The summed E-state index contributed by atoms with van der Waals surface area (Å²) in [6, 6.07) is 12.1. The van der Waals surface area contributed by atoms with E-state index in [1.54, 1.807) is 0 Å². The number of amides is 2. The van der Waals surface area contributed by atoms with E-state index < -0.39 is 17.7 Å². The van der Waals surface area contributed by atoms with Crippen molar-refractivity contribution in [2.24, 2.45) is 5.92 Å². The summed E-state index contributed by atoms with van der Waals surface area (Å²) in [4.78, 5) is 25.9. The van der Waals surface area contributed by atoms with Gasteiger partial charge in [-0.3, -0.25) is 9.59 Å². The van der Waals surface area contributed by atoms with Crippen molar-refractivity contribution in [2.75, 3.05) is 11.4 Å². The zero-order chi connectivity index (χ0) is 19.6. The van der Waals surface area contributed by atoms with Gasteiger partial charge in [-0.2, -0.15) is 13.2 Å². The molecule has 0 bridgehead atoms. The molecule has 1 atom stereocenters. The number of carbonyl (C=O) groups is 2. The number of nitrogens with zero attached hydrogens (tertiary/aromatic N) is 1. The Labute approximate surface area is 155 Å². The van der Waals surface area contributed by atoms with E-state index in [9.17, 15) is 22.8 Å². The van der Waals surface area contributed by atoms with Crippen LogP contribution < -0.4 is 10.2 Å². The summed E-state index contributed by atoms with van der Waals surface area (Å²) in [5, 5.41) is 2.82. The summed E-state index contributed by atoms with van der Waals surface area (Å²) in [5.74, 6) is -1.03. The average Bonchev–Trinajstić information content (AvgIpc) is 3.01. The molecule has 2 aromatic carbocycles. The van der Waals surface area contributed by atoms with Crippen LogP contribution in [0.2, 0.25) is 0 Å². The molecule has 0 radical (unpaired) electrons. The van der Waals surface area contributed by atoms with Crippen molar-refractivity contribution in [2.45, 2.75) is 26.1 Å². The van der Waals surface area contributed by atoms with E-state index in [1.807, 2.05) is 31.2 Å². The van der Waals surface area contributed by atoms with Gasteiger partial charge in [-0.15, -0.1) is 0 Å². The molecule has 0 aliphatic carbocycles. The van der Waals surface area contributed by atoms with Gasteiger partial charge in [0.25, 0.3) is 0 Å². The van der Waals surface area contributed by atoms with Gasteiger partial charge in [-0.05, 0) is 36.8 Å². The van der Waals surface area contributed by atoms with Crippen LogP contribution in [0.3, 0.4) is 0 Å². The molecule has 142 valence electrons. The van der Waals surface area contributed by atoms with Gasteiger partial charge >= 0.3 is 6.18 Å². The van der Waals surface area contributed by atoms with Crippen LogP contribution in [0.4, 0.5) is 18.9 Å². The Hall–Kier alpha value is -2.83. The number of anilines is 1. The largest absolute Gasteiger partial charge is 0.416 e. The van der Waals surface area contributed by atoms with Crippen LogP contribution in [-0.4, -0.2) is 18.4 Å². The van der Waals surface area contributed by atoms with Crippen LogP contribution in [0.5, 0.6) is 0 Å². The number of benzene rings is 2. The fraction of sp³-hybridized carbons (Fsp3) is 0.300. The maximum atomic E-state index is 12.7. The summed E-state index contributed by atoms with van der Waals surface area (Å²) in [7, 11) is 0. The van der Waals surface area contributed by atoms with E-state index in [0.29, 0.717) is 12.2 Å². The summed E-state index contributed by atoms with van der Waals surface area (Å²) in [6.07, 6.45) is -4.38. The van der Waals surface area contributed by atoms with Crippen molar-refractivity contribution < 1.29 is 22.8 Å². The van der Waals surface area contributed by atoms with Gasteiger partial charge in [0.1, 0.15) is 0 Å². The average molecular weight is 376 g/mol. The highest BCUT2D eigenvalue weighted by atomic mass is 19.4. The Morgan fingerprint density at radius 3 is 2.52 bits per heavy atom. The first-order valence-electron chi connectivity index (χ1n) is 8.55. The van der Waals surface area contributed by atoms with E-state index in [1.165, 1.54) is 17.0 Å². The zero-order valence-electron chi connectivity index (χ0n) is 14.7. The second-order valence-corrected chi connectivity index (χ2v) is 6.66. The maximum Gasteiger partial charge on any atom is 0.416 e. The monoisotopic (exact) mass is 376 g/mol. The molecule has 0 aromatic heterocycles. The van der Waals surface area contributed by atoms with Crippen molar-refractivity contribution in [3.8, 4) is 0 Å². The predicted molar refractivity (Wildman–Crippen MR) is 94.9 cm³/mol. The lowest BCUT2D eigenvalue weighted by molar-refractivity contribution is -0.137. The minimum atomic E-state index is -4.42. The lowest BCUT2D eigenvalue weighted by Gasteiger charge is -2.17. The highest BCUT2D eigenvalue weighted by molar-refractivity contribution is 6.00. The highest BCUT2D eigenvalue weighted by Gasteiger charge is 2.36. The topological polar surface area (TPSA) is 49.4 Å². The van der Waals surface area contributed by atoms with E-state index in [2.05, 4.69) is 5.32 Å². The number of hydrogen-bond acceptors (Lipinski definition) is 2. The first-order chi connectivity index (χ1) is 12.7. The predicted octanol–water partition coefficient (Wildman–Crippen LogP) is 3.68. The van der Waals surface area contributed by atoms with E-state index in [4.69, 9.17) is 0 Å². The molecule has 0 saturated carbocycles. The second-order valence-electron chi connectivity index (χ2n) is 6.66. The Bertz CT molecular complexity index is 847. The number of aryl methyl sites for hydroxylation is 1. The molecule has 1 aliphatic rings. The quantitative estimate of drug-likeness (QED) is 0.885. The minimum Gasteiger partial charge on any atom is -0.352 e. The molecular weight excluding hydrogens is 357 g/mol. The molecule has 3 rings (SSSR count). The molecule has 0 spiro atoms. The van der Waals surface area contributed by atoms with Crippen molar-refractivity contribution in [3.63, 3.8) is 0 Å². The van der Waals surface area contributed by atoms with Crippen LogP contribution in [-0.2, 0) is 22.3 Å². The Morgan fingerprint density at radius 2 is 1.89 bits per heavy atom. The van der Waals surface area contributed by atoms with Gasteiger partial charge in [0.05, 0.1) is 11.5 Å². The first kappa shape index (κ1) is 18.9. The molecule has 1 aliphatic heterocycles. The van der Waals surface area contributed by atoms with Crippen LogP contribution in [0, 0.1) is 12.8 Å². The number of hydrogen-bond donors (Lipinski definition) is 1. The highest BCUT2D eigenvalue weighted by Crippen LogP contribution is 2.32. The fourth-order valence-electron chi connectivity index (χ4n) is 3.12. The lowest BCUT2D eigenvalue weighted by Crippen LogP contribution is -2.32. The lowest BCUT2D eigenvalue weighted by atomic mass is 10.1. The van der Waals surface area contributed by atoms with Crippen molar-refractivity contribution >= 4 is 17.5 Å². The smallest absolute Gasteiger partial charge is 0.352 e. The van der Waals surface area contributed by atoms with E-state index in [0.717, 1.165) is 23.3 Å². The Morgan fingerprint density at radius 1 is 1.19 bits per heavy atom. The van der Waals surface area contributed by atoms with Crippen LogP contribution in [0.1, 0.15) is 23.1 Å². The Balaban J connectivity index is 1.62. The molecule has 2 aromatic rings. The van der Waals surface area contributed by atoms with Gasteiger partial charge < -0.3 is 10.2 Å². The zero-order valence-corrected chi connectivity index (χ0v) is 14.7. The number of alkyl halides is 3. The number of rotatable bonds is 4. The molecule has 1 fully saturated rings. The third-order valence-electron chi connectivity index (χ3n) is 4.55. The second kappa shape index (κ2) is 7.42. The number of carbonyl (C=O) groups excluding carboxylic acids is 2. The first-order valence-corrected chi connectivity index (χ1v) is 8.55. The van der Waals surface area contributed by atoms with Crippen LogP contribution >= 0.6 is 0 Å². The van der Waals surface area contributed by atoms with E-state index >= 15 is 0 Å². The van der Waals surface area contributed by atoms with Crippen molar-refractivity contribution in [1.29, 1.82) is 0 Å². The molecule has 1 N–H and O–H groups in total. The third kappa shape index (κ3) is 4.48. The van der Waals surface area contributed by atoms with E-state index in [-0.39, 0.29) is 24.8 Å². The summed E-state index contributed by atoms with van der Waals surface area (Å²) in [5.41, 5.74) is 1.64. The van der Waals surface area contributed by atoms with Crippen molar-refractivity contribution in [3.05, 3.63) is 65.2 Å². The molecule has 1 saturated heterocycles. The van der Waals surface area contributed by atoms with Gasteiger partial charge in [0.15, 0.2) is 0 Å². The van der Waals surface area contributed by atoms with Gasteiger partial charge in [-0.25, -0.2) is 0 Å². The van der Waals surface area contributed by atoms with Crippen LogP contribution in [0.25, 0.3) is 0 Å². The molecular formula is C20H19F3N2O2. The maximum absolute atomic E-state index is 12.7. The molecule has 7 heteroatoms. The Kier molecular flexibility index (Phi) is 5.21. The molecule has 1 heterocycles. The fourth-order valence-corrected chi connectivity index (χ4v) is 3.12. The van der Waals surface area contributed by atoms with Gasteiger partial charge in [-0.1, -0.05) is 29.8 Å². The number of halogens is 3. The summed E-state index contributed by atoms with van der Waals surface area (Å²) in [6.45, 7) is 2.48. The minimum absolute atomic E-state index is 0.0423. The van der Waals surface area contributed by atoms with Crippen molar-refractivity contribution in [1.82, 2.24) is 5.32 Å². The molecule has 4 nitrogen and oxygen atoms in total. The standard InChI is InChI=1S/C20H19F3N2O2/c1-13-3-2-4-14(9-13)11-24-19(27)15-10-18(26)25(12-15)17-7-5-16(6-8-17)20(21,22)23/h2-9,15H,10-12H2,1H3,(H,24,27). The molecule has 1 unspecified atom stereocenters. The normalized spacial score (nSPS) is 17.3. The summed E-state index contributed by atoms with van der Waals surface area (Å²) >= 11 is 0. The third-order valence-corrected chi connectivity index (χ3v) is 4.55. The van der Waals surface area contributed by atoms with Crippen LogP contribution in [0.15, 0.2) is 48.5 Å². The molecule has 27 heavy (non-hydrogen) atoms. The summed E-state index contributed by atoms with van der Waals surface area (Å²) < 4.78 is 38.0. The number of nitrogens with one attached hydrogen (secondary N) is 1. The van der Waals surface area contributed by atoms with Gasteiger partial charge in [0.2, 0.25) is 11.8 Å². The van der Waals surface area contributed by atoms with Gasteiger partial charge in [0, 0.05) is 25.2 Å².